The molecule has 0 saturated carbocycles. The summed E-state index contributed by atoms with van der Waals surface area (Å²) in [7, 11) is 0. The number of nitrogens with one attached hydrogen (secondary N) is 1. The number of alkyl halides is 1. The largest absolute Gasteiger partial charge is 0.455 e. The molecular weight excluding hydrogens is 666 g/mol. The molecule has 3 aliphatic rings. The number of likely N-dealkylation sites (tertiary alicyclic amines) is 1. The zero-order valence-electron chi connectivity index (χ0n) is 27.7. The first-order valence-electron chi connectivity index (χ1n) is 16.9. The summed E-state index contributed by atoms with van der Waals surface area (Å²) in [6.45, 7) is 12.6. The van der Waals surface area contributed by atoms with E-state index in [1.165, 1.54) is 0 Å². The minimum absolute atomic E-state index is 0.0483. The van der Waals surface area contributed by atoms with Gasteiger partial charge >= 0.3 is 5.97 Å². The highest BCUT2D eigenvalue weighted by atomic mass is 79.9. The zero-order valence-corrected chi connectivity index (χ0v) is 29.2. The summed E-state index contributed by atoms with van der Waals surface area (Å²) in [4.78, 5) is 58.9. The zero-order chi connectivity index (χ0) is 34.1. The fraction of sp³-hybridized carbons (Fsp3) is 0.611. The Kier molecular flexibility index (Phi) is 13.2. The third-order valence-electron chi connectivity index (χ3n) is 9.58. The number of hydrogen-bond donors (Lipinski definition) is 2. The highest BCUT2D eigenvalue weighted by molar-refractivity contribution is 9.09. The number of nitrogens with zero attached hydrogens (tertiary/aromatic N) is 2. The number of allylic oxidation sites excluding steroid dienone is 1. The number of amides is 3. The van der Waals surface area contributed by atoms with Gasteiger partial charge in [0.1, 0.15) is 17.7 Å². The molecule has 10 nitrogen and oxygen atoms in total. The number of fused-ring (bicyclic) bond motifs is 1. The molecule has 1 spiro atoms. The van der Waals surface area contributed by atoms with Crippen molar-refractivity contribution in [3.05, 3.63) is 61.2 Å². The van der Waals surface area contributed by atoms with Gasteiger partial charge in [-0.1, -0.05) is 71.8 Å². The molecule has 1 aromatic carbocycles. The van der Waals surface area contributed by atoms with Crippen LogP contribution >= 0.6 is 15.9 Å². The topological polar surface area (TPSA) is 125 Å². The van der Waals surface area contributed by atoms with Crippen LogP contribution in [0, 0.1) is 11.8 Å². The van der Waals surface area contributed by atoms with Gasteiger partial charge in [-0.15, -0.1) is 13.2 Å². The Morgan fingerprint density at radius 1 is 1.19 bits per heavy atom. The van der Waals surface area contributed by atoms with Crippen molar-refractivity contribution < 1.29 is 33.8 Å². The molecule has 3 fully saturated rings. The van der Waals surface area contributed by atoms with Crippen LogP contribution in [-0.4, -0.2) is 93.5 Å². The number of carbonyl (C=O) groups is 4. The second-order valence-corrected chi connectivity index (χ2v) is 14.0. The first-order valence-corrected chi connectivity index (χ1v) is 17.8. The third kappa shape index (κ3) is 7.84. The maximum Gasteiger partial charge on any atom is 0.313 e. The standard InChI is InChI=1S/C36H50BrN3O7/c1-5-8-18-27(42)38-24(4)30(25-16-12-10-13-17-25)46-35(45)28-29-33(43)40(21-14-11-15-22-41)32(36(29)23-26(37)31(28)47-36)34(44)39(19-7-3)20-9-6-2/h5,7,10,12-13,16-17,24,26,28-32,41H,1,3,6,8-9,11,14-15,18-23H2,2,4H3,(H,38,42)/t24-,26?,28-,29+,30-,31-,32-,36+/m0/s1. The van der Waals surface area contributed by atoms with Crippen LogP contribution in [0.15, 0.2) is 55.6 Å². The van der Waals surface area contributed by atoms with Gasteiger partial charge in [0.2, 0.25) is 17.7 Å². The molecule has 3 heterocycles. The lowest BCUT2D eigenvalue weighted by Crippen LogP contribution is -2.57. The van der Waals surface area contributed by atoms with Crippen LogP contribution < -0.4 is 5.32 Å². The molecule has 1 unspecified atom stereocenters. The fourth-order valence-corrected chi connectivity index (χ4v) is 8.34. The molecule has 8 atom stereocenters. The van der Waals surface area contributed by atoms with Gasteiger partial charge in [-0.3, -0.25) is 19.2 Å². The van der Waals surface area contributed by atoms with Gasteiger partial charge in [0.05, 0.1) is 24.0 Å². The number of aliphatic hydroxyl groups excluding tert-OH is 1. The minimum Gasteiger partial charge on any atom is -0.455 e. The third-order valence-corrected chi connectivity index (χ3v) is 10.4. The van der Waals surface area contributed by atoms with Crippen molar-refractivity contribution in [2.75, 3.05) is 26.2 Å². The maximum absolute atomic E-state index is 14.4. The van der Waals surface area contributed by atoms with E-state index >= 15 is 0 Å². The number of unbranched alkanes of at least 4 members (excludes halogenated alkanes) is 3. The van der Waals surface area contributed by atoms with Crippen LogP contribution in [0.5, 0.6) is 0 Å². The van der Waals surface area contributed by atoms with Crippen molar-refractivity contribution in [2.45, 2.75) is 99.9 Å². The van der Waals surface area contributed by atoms with Gasteiger partial charge in [0.25, 0.3) is 0 Å². The summed E-state index contributed by atoms with van der Waals surface area (Å²) in [5.41, 5.74) is -0.495. The Morgan fingerprint density at radius 2 is 1.94 bits per heavy atom. The average Bonchev–Trinajstić information content (AvgIpc) is 3.65. The monoisotopic (exact) mass is 715 g/mol. The molecule has 1 aromatic rings. The Hall–Kier alpha value is -3.02. The van der Waals surface area contributed by atoms with E-state index in [1.54, 1.807) is 28.9 Å². The van der Waals surface area contributed by atoms with Gasteiger partial charge in [-0.05, 0) is 51.0 Å². The second-order valence-electron chi connectivity index (χ2n) is 12.9. The van der Waals surface area contributed by atoms with Gasteiger partial charge in [0, 0.05) is 37.5 Å². The Balaban J connectivity index is 1.67. The normalized spacial score (nSPS) is 27.2. The van der Waals surface area contributed by atoms with Gasteiger partial charge in [0.15, 0.2) is 0 Å². The lowest BCUT2D eigenvalue weighted by molar-refractivity contribution is -0.162. The maximum atomic E-state index is 14.4. The van der Waals surface area contributed by atoms with Crippen LogP contribution in [0.25, 0.3) is 0 Å². The van der Waals surface area contributed by atoms with Crippen molar-refractivity contribution in [3.63, 3.8) is 0 Å². The van der Waals surface area contributed by atoms with Crippen LogP contribution in [0.3, 0.4) is 0 Å². The first kappa shape index (κ1) is 36.8. The second kappa shape index (κ2) is 16.9. The molecule has 2 bridgehead atoms. The molecule has 3 saturated heterocycles. The number of hydrogen-bond acceptors (Lipinski definition) is 7. The Labute approximate surface area is 287 Å². The first-order chi connectivity index (χ1) is 22.6. The number of esters is 1. The summed E-state index contributed by atoms with van der Waals surface area (Å²) in [6.07, 6.45) is 6.64. The van der Waals surface area contributed by atoms with E-state index in [9.17, 15) is 24.3 Å². The molecule has 258 valence electrons. The molecule has 3 amide bonds. The molecule has 2 N–H and O–H groups in total. The van der Waals surface area contributed by atoms with Crippen LogP contribution in [0.2, 0.25) is 0 Å². The average molecular weight is 717 g/mol. The van der Waals surface area contributed by atoms with E-state index in [0.717, 1.165) is 12.8 Å². The van der Waals surface area contributed by atoms with E-state index in [4.69, 9.17) is 9.47 Å². The van der Waals surface area contributed by atoms with Gasteiger partial charge in [-0.2, -0.15) is 0 Å². The van der Waals surface area contributed by atoms with E-state index < -0.39 is 47.7 Å². The van der Waals surface area contributed by atoms with Crippen molar-refractivity contribution in [3.8, 4) is 0 Å². The predicted octanol–water partition coefficient (Wildman–Crippen LogP) is 4.47. The minimum atomic E-state index is -1.20. The SMILES string of the molecule is C=CCCC(=O)N[C@@H](C)[C@H](OC(=O)[C@@H]1[C@H]2O[C@@]3(CC2Br)[C@H](C(=O)N(CC=C)CCCC)N(CCCCCO)C(=O)[C@@H]13)c1ccccc1. The quantitative estimate of drug-likeness (QED) is 0.0938. The van der Waals surface area contributed by atoms with Crippen molar-refractivity contribution >= 4 is 39.6 Å². The molecule has 3 aliphatic heterocycles. The van der Waals surface area contributed by atoms with E-state index in [2.05, 4.69) is 41.3 Å². The van der Waals surface area contributed by atoms with E-state index in [0.29, 0.717) is 57.3 Å². The summed E-state index contributed by atoms with van der Waals surface area (Å²) < 4.78 is 12.9. The summed E-state index contributed by atoms with van der Waals surface area (Å²) >= 11 is 3.74. The van der Waals surface area contributed by atoms with Crippen LogP contribution in [0.4, 0.5) is 0 Å². The van der Waals surface area contributed by atoms with Crippen LogP contribution in [0.1, 0.15) is 76.9 Å². The molecular formula is C36H50BrN3O7. The highest BCUT2D eigenvalue weighted by Gasteiger charge is 2.77. The van der Waals surface area contributed by atoms with Gasteiger partial charge in [-0.25, -0.2) is 0 Å². The molecule has 4 rings (SSSR count). The summed E-state index contributed by atoms with van der Waals surface area (Å²) in [5.74, 6) is -3.12. The molecule has 0 aromatic heterocycles. The number of rotatable bonds is 19. The molecule has 47 heavy (non-hydrogen) atoms. The highest BCUT2D eigenvalue weighted by Crippen LogP contribution is 2.60. The lowest BCUT2D eigenvalue weighted by atomic mass is 9.70. The van der Waals surface area contributed by atoms with Crippen molar-refractivity contribution in [1.29, 1.82) is 0 Å². The Bertz CT molecular complexity index is 1280. The van der Waals surface area contributed by atoms with Crippen molar-refractivity contribution in [1.82, 2.24) is 15.1 Å². The lowest BCUT2D eigenvalue weighted by Gasteiger charge is -2.37. The van der Waals surface area contributed by atoms with E-state index in [1.807, 2.05) is 30.3 Å². The number of ether oxygens (including phenoxy) is 2. The molecule has 0 aliphatic carbocycles. The predicted molar refractivity (Wildman–Crippen MR) is 182 cm³/mol. The molecule has 0 radical (unpaired) electrons. The van der Waals surface area contributed by atoms with Crippen molar-refractivity contribution in [2.24, 2.45) is 11.8 Å². The fourth-order valence-electron chi connectivity index (χ4n) is 7.40. The van der Waals surface area contributed by atoms with E-state index in [-0.39, 0.29) is 35.6 Å². The number of aliphatic hydroxyl groups is 1. The van der Waals surface area contributed by atoms with Crippen LogP contribution in [-0.2, 0) is 28.7 Å². The number of benzene rings is 1. The number of carbonyl (C=O) groups excluding carboxylic acids is 4. The summed E-state index contributed by atoms with van der Waals surface area (Å²) in [5, 5.41) is 12.3. The van der Waals surface area contributed by atoms with Gasteiger partial charge < -0.3 is 29.7 Å². The number of halogens is 1. The summed E-state index contributed by atoms with van der Waals surface area (Å²) in [6, 6.07) is 7.75. The Morgan fingerprint density at radius 3 is 2.60 bits per heavy atom. The molecule has 11 heteroatoms. The smallest absolute Gasteiger partial charge is 0.313 e.